The number of amidine groups is 1. The fourth-order valence-corrected chi connectivity index (χ4v) is 1.46. The molecule has 0 radical (unpaired) electrons. The van der Waals surface area contributed by atoms with Crippen LogP contribution in [0.1, 0.15) is 11.4 Å². The van der Waals surface area contributed by atoms with Gasteiger partial charge in [0.15, 0.2) is 11.7 Å². The Hall–Kier alpha value is -2.10. The minimum atomic E-state index is -0.00377. The van der Waals surface area contributed by atoms with Crippen LogP contribution in [0.4, 0.5) is 0 Å². The summed E-state index contributed by atoms with van der Waals surface area (Å²) in [6.45, 7) is 0.690. The van der Waals surface area contributed by atoms with Gasteiger partial charge in [-0.05, 0) is 5.56 Å². The lowest BCUT2D eigenvalue weighted by Gasteiger charge is -2.06. The van der Waals surface area contributed by atoms with E-state index >= 15 is 0 Å². The van der Waals surface area contributed by atoms with E-state index in [-0.39, 0.29) is 5.84 Å². The van der Waals surface area contributed by atoms with Crippen molar-refractivity contribution >= 4 is 5.84 Å². The zero-order chi connectivity index (χ0) is 10.7. The van der Waals surface area contributed by atoms with Gasteiger partial charge in [-0.15, -0.1) is 0 Å². The molecule has 0 saturated heterocycles. The van der Waals surface area contributed by atoms with Crippen LogP contribution in [0.15, 0.2) is 42.7 Å². The molecular formula is C11H12N4. The third-order valence-corrected chi connectivity index (χ3v) is 2.15. The van der Waals surface area contributed by atoms with Crippen molar-refractivity contribution in [2.75, 3.05) is 0 Å². The maximum Gasteiger partial charge on any atom is 0.175 e. The van der Waals surface area contributed by atoms with Gasteiger partial charge in [-0.25, -0.2) is 4.98 Å². The first-order chi connectivity index (χ1) is 7.27. The van der Waals surface area contributed by atoms with Crippen molar-refractivity contribution in [3.63, 3.8) is 0 Å². The smallest absolute Gasteiger partial charge is 0.175 e. The summed E-state index contributed by atoms with van der Waals surface area (Å²) in [5.74, 6) is 0.509. The highest BCUT2D eigenvalue weighted by Crippen LogP contribution is 2.04. The zero-order valence-electron chi connectivity index (χ0n) is 8.22. The topological polar surface area (TPSA) is 67.7 Å². The summed E-state index contributed by atoms with van der Waals surface area (Å²) in [4.78, 5) is 4.03. The molecule has 0 aliphatic rings. The second-order valence-electron chi connectivity index (χ2n) is 3.28. The van der Waals surface area contributed by atoms with Crippen LogP contribution in [0.2, 0.25) is 0 Å². The van der Waals surface area contributed by atoms with E-state index in [4.69, 9.17) is 11.1 Å². The predicted molar refractivity (Wildman–Crippen MR) is 58.8 cm³/mol. The van der Waals surface area contributed by atoms with Gasteiger partial charge >= 0.3 is 0 Å². The third kappa shape index (κ3) is 2.04. The number of benzene rings is 1. The van der Waals surface area contributed by atoms with Crippen molar-refractivity contribution < 1.29 is 0 Å². The number of rotatable bonds is 3. The van der Waals surface area contributed by atoms with Crippen LogP contribution in [-0.2, 0) is 6.54 Å². The molecule has 0 atom stereocenters. The quantitative estimate of drug-likeness (QED) is 0.577. The van der Waals surface area contributed by atoms with E-state index in [0.29, 0.717) is 12.4 Å². The number of nitrogen functional groups attached to an aromatic ring is 1. The second-order valence-corrected chi connectivity index (χ2v) is 3.28. The van der Waals surface area contributed by atoms with E-state index in [1.165, 1.54) is 0 Å². The van der Waals surface area contributed by atoms with Gasteiger partial charge < -0.3 is 10.3 Å². The molecule has 3 N–H and O–H groups in total. The Morgan fingerprint density at radius 2 is 2.07 bits per heavy atom. The lowest BCUT2D eigenvalue weighted by molar-refractivity contribution is 0.785. The number of hydrogen-bond acceptors (Lipinski definition) is 2. The monoisotopic (exact) mass is 200 g/mol. The molecule has 2 rings (SSSR count). The van der Waals surface area contributed by atoms with Crippen LogP contribution in [0, 0.1) is 5.41 Å². The summed E-state index contributed by atoms with van der Waals surface area (Å²) in [6, 6.07) is 10.0. The molecule has 0 amide bonds. The van der Waals surface area contributed by atoms with Gasteiger partial charge in [0.05, 0.1) is 0 Å². The Morgan fingerprint density at radius 3 is 2.73 bits per heavy atom. The number of nitrogens with zero attached hydrogens (tertiary/aromatic N) is 2. The Morgan fingerprint density at radius 1 is 1.33 bits per heavy atom. The van der Waals surface area contributed by atoms with Gasteiger partial charge in [0.1, 0.15) is 0 Å². The maximum atomic E-state index is 7.35. The minimum Gasteiger partial charge on any atom is -0.381 e. The van der Waals surface area contributed by atoms with Gasteiger partial charge in [0, 0.05) is 18.9 Å². The van der Waals surface area contributed by atoms with E-state index < -0.39 is 0 Å². The van der Waals surface area contributed by atoms with Gasteiger partial charge in [-0.1, -0.05) is 30.3 Å². The van der Waals surface area contributed by atoms with Crippen LogP contribution in [0.3, 0.4) is 0 Å². The molecule has 0 aliphatic heterocycles. The van der Waals surface area contributed by atoms with Crippen molar-refractivity contribution in [3.8, 4) is 0 Å². The van der Waals surface area contributed by atoms with Crippen LogP contribution < -0.4 is 5.73 Å². The number of aromatic nitrogens is 2. The fraction of sp³-hybridized carbons (Fsp3) is 0.0909. The van der Waals surface area contributed by atoms with E-state index in [1.54, 1.807) is 6.20 Å². The molecule has 0 aliphatic carbocycles. The molecule has 1 heterocycles. The summed E-state index contributed by atoms with van der Waals surface area (Å²) in [5.41, 5.74) is 6.58. The van der Waals surface area contributed by atoms with Crippen molar-refractivity contribution in [1.82, 2.24) is 9.55 Å². The Balaban J connectivity index is 2.25. The van der Waals surface area contributed by atoms with Crippen LogP contribution in [-0.4, -0.2) is 15.4 Å². The molecule has 2 aromatic rings. The van der Waals surface area contributed by atoms with Crippen molar-refractivity contribution in [2.45, 2.75) is 6.54 Å². The average molecular weight is 200 g/mol. The Bertz CT molecular complexity index is 458. The average Bonchev–Trinajstić information content (AvgIpc) is 2.67. The standard InChI is InChI=1S/C11H12N4/c12-10(13)11-14-6-7-15(11)8-9-4-2-1-3-5-9/h1-7H,8H2,(H3,12,13). The lowest BCUT2D eigenvalue weighted by Crippen LogP contribution is -2.18. The lowest BCUT2D eigenvalue weighted by atomic mass is 10.2. The number of nitrogens with two attached hydrogens (primary N) is 1. The molecule has 0 bridgehead atoms. The minimum absolute atomic E-state index is 0.00377. The van der Waals surface area contributed by atoms with Gasteiger partial charge in [0.2, 0.25) is 0 Å². The number of nitrogens with one attached hydrogen (secondary N) is 1. The first-order valence-corrected chi connectivity index (χ1v) is 4.67. The van der Waals surface area contributed by atoms with Crippen molar-refractivity contribution in [2.24, 2.45) is 5.73 Å². The second kappa shape index (κ2) is 3.96. The summed E-state index contributed by atoms with van der Waals surface area (Å²) in [7, 11) is 0. The molecule has 4 heteroatoms. The van der Waals surface area contributed by atoms with Gasteiger partial charge in [-0.3, -0.25) is 5.41 Å². The Kier molecular flexibility index (Phi) is 2.49. The molecule has 1 aromatic heterocycles. The van der Waals surface area contributed by atoms with E-state index in [9.17, 15) is 0 Å². The first-order valence-electron chi connectivity index (χ1n) is 4.67. The first kappa shape index (κ1) is 9.45. The van der Waals surface area contributed by atoms with Crippen molar-refractivity contribution in [1.29, 1.82) is 5.41 Å². The molecule has 1 aromatic carbocycles. The summed E-state index contributed by atoms with van der Waals surface area (Å²) in [6.07, 6.45) is 3.48. The molecular weight excluding hydrogens is 188 g/mol. The van der Waals surface area contributed by atoms with Crippen molar-refractivity contribution in [3.05, 3.63) is 54.1 Å². The highest BCUT2D eigenvalue weighted by Gasteiger charge is 2.05. The fourth-order valence-electron chi connectivity index (χ4n) is 1.46. The van der Waals surface area contributed by atoms with Crippen LogP contribution >= 0.6 is 0 Å². The van der Waals surface area contributed by atoms with E-state index in [1.807, 2.05) is 41.1 Å². The number of imidazole rings is 1. The summed E-state index contributed by atoms with van der Waals surface area (Å²) >= 11 is 0. The summed E-state index contributed by atoms with van der Waals surface area (Å²) < 4.78 is 1.86. The highest BCUT2D eigenvalue weighted by molar-refractivity contribution is 5.91. The molecule has 0 fully saturated rings. The molecule has 0 unspecified atom stereocenters. The predicted octanol–water partition coefficient (Wildman–Crippen LogP) is 1.22. The molecule has 0 saturated carbocycles. The molecule has 15 heavy (non-hydrogen) atoms. The summed E-state index contributed by atoms with van der Waals surface area (Å²) in [5, 5.41) is 7.35. The maximum absolute atomic E-state index is 7.35. The Labute approximate surface area is 87.9 Å². The highest BCUT2D eigenvalue weighted by atomic mass is 15.1. The normalized spacial score (nSPS) is 10.1. The van der Waals surface area contributed by atoms with E-state index in [2.05, 4.69) is 4.98 Å². The largest absolute Gasteiger partial charge is 0.381 e. The SMILES string of the molecule is N=C(N)c1nccn1Cc1ccccc1. The van der Waals surface area contributed by atoms with Crippen LogP contribution in [0.5, 0.6) is 0 Å². The van der Waals surface area contributed by atoms with Crippen LogP contribution in [0.25, 0.3) is 0 Å². The molecule has 0 spiro atoms. The van der Waals surface area contributed by atoms with Gasteiger partial charge in [-0.2, -0.15) is 0 Å². The van der Waals surface area contributed by atoms with E-state index in [0.717, 1.165) is 5.56 Å². The third-order valence-electron chi connectivity index (χ3n) is 2.15. The molecule has 4 nitrogen and oxygen atoms in total. The number of hydrogen-bond donors (Lipinski definition) is 2. The van der Waals surface area contributed by atoms with Gasteiger partial charge in [0.25, 0.3) is 0 Å². The zero-order valence-corrected chi connectivity index (χ0v) is 8.22. The molecule has 76 valence electrons.